The first-order valence-electron chi connectivity index (χ1n) is 8.36. The van der Waals surface area contributed by atoms with Gasteiger partial charge in [0.2, 0.25) is 0 Å². The fraction of sp³-hybridized carbons (Fsp3) is 0.588. The molecule has 7 heteroatoms. The average Bonchev–Trinajstić information content (AvgIpc) is 3.08. The van der Waals surface area contributed by atoms with Crippen LogP contribution in [0.15, 0.2) is 12.1 Å². The Morgan fingerprint density at radius 1 is 1.29 bits per heavy atom. The minimum atomic E-state index is -0.733. The molecule has 2 aliphatic rings. The van der Waals surface area contributed by atoms with Gasteiger partial charge in [-0.2, -0.15) is 5.48 Å². The largest absolute Gasteiger partial charge is 0.493 e. The monoisotopic (exact) mass is 337 g/mol. The van der Waals surface area contributed by atoms with Crippen LogP contribution in [0.25, 0.3) is 0 Å². The summed E-state index contributed by atoms with van der Waals surface area (Å²) in [6.07, 6.45) is 0.986. The summed E-state index contributed by atoms with van der Waals surface area (Å²) in [4.78, 5) is 21.6. The SMILES string of the molecule is CC.CNOc1cc2c(cc1OC)C(=O)N1CCCC1C(O)N2C. The molecule has 0 spiro atoms. The first-order valence-corrected chi connectivity index (χ1v) is 8.36. The maximum Gasteiger partial charge on any atom is 0.256 e. The van der Waals surface area contributed by atoms with E-state index in [4.69, 9.17) is 9.57 Å². The van der Waals surface area contributed by atoms with Gasteiger partial charge in [0.15, 0.2) is 11.5 Å². The van der Waals surface area contributed by atoms with Crippen LogP contribution in [0.2, 0.25) is 0 Å². The number of anilines is 1. The normalized spacial score (nSPS) is 22.2. The molecule has 1 saturated heterocycles. The predicted octanol–water partition coefficient (Wildman–Crippen LogP) is 1.61. The van der Waals surface area contributed by atoms with E-state index < -0.39 is 6.23 Å². The summed E-state index contributed by atoms with van der Waals surface area (Å²) in [6, 6.07) is 3.21. The summed E-state index contributed by atoms with van der Waals surface area (Å²) >= 11 is 0. The Hall–Kier alpha value is -1.99. The lowest BCUT2D eigenvalue weighted by Crippen LogP contribution is -2.47. The molecule has 24 heavy (non-hydrogen) atoms. The number of likely N-dealkylation sites (N-methyl/N-ethyl adjacent to an activating group) is 1. The number of hydrogen-bond acceptors (Lipinski definition) is 6. The van der Waals surface area contributed by atoms with Crippen molar-refractivity contribution < 1.29 is 19.5 Å². The summed E-state index contributed by atoms with van der Waals surface area (Å²) in [5.74, 6) is 0.870. The van der Waals surface area contributed by atoms with Crippen LogP contribution in [0.4, 0.5) is 5.69 Å². The van der Waals surface area contributed by atoms with E-state index in [1.807, 2.05) is 13.8 Å². The summed E-state index contributed by atoms with van der Waals surface area (Å²) in [7, 11) is 4.96. The third kappa shape index (κ3) is 3.01. The number of hydrogen-bond donors (Lipinski definition) is 2. The second-order valence-corrected chi connectivity index (χ2v) is 5.56. The lowest BCUT2D eigenvalue weighted by atomic mass is 10.1. The number of methoxy groups -OCH3 is 1. The minimum Gasteiger partial charge on any atom is -0.493 e. The maximum absolute atomic E-state index is 12.8. The highest BCUT2D eigenvalue weighted by Gasteiger charge is 2.41. The molecule has 7 nitrogen and oxygen atoms in total. The van der Waals surface area contributed by atoms with Gasteiger partial charge in [-0.1, -0.05) is 13.8 Å². The highest BCUT2D eigenvalue weighted by atomic mass is 16.7. The first-order chi connectivity index (χ1) is 11.6. The summed E-state index contributed by atoms with van der Waals surface area (Å²) in [6.45, 7) is 4.67. The molecule has 2 aliphatic heterocycles. The molecule has 0 aliphatic carbocycles. The summed E-state index contributed by atoms with van der Waals surface area (Å²) < 4.78 is 5.31. The van der Waals surface area contributed by atoms with Crippen molar-refractivity contribution in [2.45, 2.75) is 39.0 Å². The van der Waals surface area contributed by atoms with Gasteiger partial charge in [0.25, 0.3) is 5.91 Å². The zero-order chi connectivity index (χ0) is 17.9. The molecule has 2 N–H and O–H groups in total. The van der Waals surface area contributed by atoms with Gasteiger partial charge in [-0.15, -0.1) is 0 Å². The van der Waals surface area contributed by atoms with Crippen LogP contribution in [0.1, 0.15) is 37.0 Å². The number of ether oxygens (including phenoxy) is 1. The minimum absolute atomic E-state index is 0.0739. The third-order valence-corrected chi connectivity index (χ3v) is 4.41. The Morgan fingerprint density at radius 2 is 2.00 bits per heavy atom. The van der Waals surface area contributed by atoms with E-state index in [2.05, 4.69) is 5.48 Å². The predicted molar refractivity (Wildman–Crippen MR) is 92.5 cm³/mol. The fourth-order valence-corrected chi connectivity index (χ4v) is 3.27. The van der Waals surface area contributed by atoms with E-state index in [-0.39, 0.29) is 11.9 Å². The lowest BCUT2D eigenvalue weighted by molar-refractivity contribution is 0.0527. The van der Waals surface area contributed by atoms with Gasteiger partial charge in [0, 0.05) is 26.7 Å². The first kappa shape index (κ1) is 18.4. The molecule has 134 valence electrons. The number of fused-ring (bicyclic) bond motifs is 2. The van der Waals surface area contributed by atoms with E-state index >= 15 is 0 Å². The third-order valence-electron chi connectivity index (χ3n) is 4.41. The highest BCUT2D eigenvalue weighted by molar-refractivity contribution is 6.02. The highest BCUT2D eigenvalue weighted by Crippen LogP contribution is 2.39. The number of carbonyl (C=O) groups excluding carboxylic acids is 1. The number of aliphatic hydroxyl groups is 1. The molecule has 0 saturated carbocycles. The molecule has 0 radical (unpaired) electrons. The Bertz CT molecular complexity index is 593. The molecule has 2 unspecified atom stereocenters. The van der Waals surface area contributed by atoms with Crippen LogP contribution < -0.4 is 20.0 Å². The Labute approximate surface area is 143 Å². The number of amides is 1. The number of hydroxylamine groups is 1. The van der Waals surface area contributed by atoms with E-state index in [1.54, 1.807) is 36.0 Å². The van der Waals surface area contributed by atoms with E-state index in [0.29, 0.717) is 29.3 Å². The molecule has 1 fully saturated rings. The number of benzene rings is 1. The topological polar surface area (TPSA) is 74.3 Å². The lowest BCUT2D eigenvalue weighted by Gasteiger charge is -2.31. The van der Waals surface area contributed by atoms with Crippen LogP contribution in [-0.2, 0) is 0 Å². The Morgan fingerprint density at radius 3 is 2.62 bits per heavy atom. The summed E-state index contributed by atoms with van der Waals surface area (Å²) in [5.41, 5.74) is 3.76. The van der Waals surface area contributed by atoms with Crippen molar-refractivity contribution in [1.29, 1.82) is 0 Å². The van der Waals surface area contributed by atoms with Gasteiger partial charge >= 0.3 is 0 Å². The van der Waals surface area contributed by atoms with Gasteiger partial charge in [-0.05, 0) is 18.9 Å². The van der Waals surface area contributed by atoms with Crippen molar-refractivity contribution in [2.75, 3.05) is 32.6 Å². The van der Waals surface area contributed by atoms with Crippen molar-refractivity contribution in [1.82, 2.24) is 10.4 Å². The van der Waals surface area contributed by atoms with E-state index in [0.717, 1.165) is 12.8 Å². The van der Waals surface area contributed by atoms with Crippen LogP contribution >= 0.6 is 0 Å². The van der Waals surface area contributed by atoms with Crippen LogP contribution in [0.3, 0.4) is 0 Å². The zero-order valence-electron chi connectivity index (χ0n) is 15.0. The number of nitrogens with one attached hydrogen (secondary N) is 1. The van der Waals surface area contributed by atoms with Gasteiger partial charge in [-0.3, -0.25) is 4.79 Å². The molecule has 2 atom stereocenters. The van der Waals surface area contributed by atoms with Gasteiger partial charge in [-0.25, -0.2) is 0 Å². The van der Waals surface area contributed by atoms with Gasteiger partial charge in [0.05, 0.1) is 24.4 Å². The molecule has 1 aromatic carbocycles. The molecular formula is C17H27N3O4. The van der Waals surface area contributed by atoms with Crippen LogP contribution in [0.5, 0.6) is 11.5 Å². The molecule has 0 bridgehead atoms. The van der Waals surface area contributed by atoms with Crippen molar-refractivity contribution in [3.8, 4) is 11.5 Å². The Balaban J connectivity index is 0.00000100. The van der Waals surface area contributed by atoms with Crippen LogP contribution in [-0.4, -0.2) is 55.9 Å². The second kappa shape index (κ2) is 7.72. The van der Waals surface area contributed by atoms with Gasteiger partial charge in [0.1, 0.15) is 6.23 Å². The number of aliphatic hydroxyl groups excluding tert-OH is 1. The quantitative estimate of drug-likeness (QED) is 0.816. The number of carbonyl (C=O) groups is 1. The van der Waals surface area contributed by atoms with Crippen molar-refractivity contribution in [2.24, 2.45) is 0 Å². The molecule has 3 rings (SSSR count). The Kier molecular flexibility index (Phi) is 5.90. The molecule has 1 aromatic rings. The smallest absolute Gasteiger partial charge is 0.256 e. The molecule has 2 heterocycles. The maximum atomic E-state index is 12.8. The van der Waals surface area contributed by atoms with Crippen molar-refractivity contribution >= 4 is 11.6 Å². The number of rotatable bonds is 3. The molecule has 1 amide bonds. The second-order valence-electron chi connectivity index (χ2n) is 5.56. The van der Waals surface area contributed by atoms with Crippen molar-refractivity contribution in [3.05, 3.63) is 17.7 Å². The zero-order valence-corrected chi connectivity index (χ0v) is 15.0. The van der Waals surface area contributed by atoms with Crippen LogP contribution in [0, 0.1) is 0 Å². The van der Waals surface area contributed by atoms with Gasteiger partial charge < -0.3 is 24.5 Å². The van der Waals surface area contributed by atoms with Crippen molar-refractivity contribution in [3.63, 3.8) is 0 Å². The standard InChI is InChI=1S/C15H21N3O4.C2H6/c1-16-22-13-8-11-9(7-12(13)21-3)14(19)18-6-4-5-10(18)15(20)17(11)2;1-2/h7-8,10,15-16,20H,4-6H2,1-3H3;1-2H3. The summed E-state index contributed by atoms with van der Waals surface area (Å²) in [5, 5.41) is 10.6. The van der Waals surface area contributed by atoms with E-state index in [9.17, 15) is 9.90 Å². The average molecular weight is 337 g/mol. The molecular weight excluding hydrogens is 310 g/mol. The molecule has 0 aromatic heterocycles. The number of nitrogens with zero attached hydrogens (tertiary/aromatic N) is 2. The fourth-order valence-electron chi connectivity index (χ4n) is 3.27. The van der Waals surface area contributed by atoms with E-state index in [1.165, 1.54) is 7.11 Å².